The molecule has 0 atom stereocenters. The summed E-state index contributed by atoms with van der Waals surface area (Å²) in [6, 6.07) is 6.58. The number of hydrogen-bond donors (Lipinski definition) is 0. The maximum absolute atomic E-state index is 11.6. The van der Waals surface area contributed by atoms with Crippen molar-refractivity contribution < 1.29 is 12.6 Å². The van der Waals surface area contributed by atoms with Crippen LogP contribution >= 0.6 is 15.9 Å². The molecule has 0 heterocycles. The third-order valence-electron chi connectivity index (χ3n) is 1.92. The van der Waals surface area contributed by atoms with Gasteiger partial charge in [-0.1, -0.05) is 39.7 Å². The van der Waals surface area contributed by atoms with Gasteiger partial charge in [-0.15, -0.1) is 0 Å². The second kappa shape index (κ2) is 6.18. The molecule has 1 rings (SSSR count). The zero-order chi connectivity index (χ0) is 12.0. The SMILES string of the molecule is Cc1ccc(S(=O)(=O)OCC/C=C/Br)cc1. The van der Waals surface area contributed by atoms with Crippen LogP contribution in [0.1, 0.15) is 12.0 Å². The first-order chi connectivity index (χ1) is 7.56. The molecular weight excluding hydrogens is 292 g/mol. The van der Waals surface area contributed by atoms with Crippen molar-refractivity contribution in [3.63, 3.8) is 0 Å². The average molecular weight is 305 g/mol. The molecule has 5 heteroatoms. The molecule has 0 unspecified atom stereocenters. The molecule has 16 heavy (non-hydrogen) atoms. The molecule has 0 N–H and O–H groups in total. The fraction of sp³-hybridized carbons (Fsp3) is 0.273. The fourth-order valence-electron chi connectivity index (χ4n) is 1.06. The summed E-state index contributed by atoms with van der Waals surface area (Å²) in [6.45, 7) is 2.05. The van der Waals surface area contributed by atoms with Crippen molar-refractivity contribution in [3.8, 4) is 0 Å². The molecular formula is C11H13BrO3S. The molecule has 1 aromatic carbocycles. The van der Waals surface area contributed by atoms with Crippen molar-refractivity contribution in [2.45, 2.75) is 18.2 Å². The molecule has 0 saturated carbocycles. The molecule has 0 fully saturated rings. The molecule has 0 saturated heterocycles. The minimum Gasteiger partial charge on any atom is -0.266 e. The monoisotopic (exact) mass is 304 g/mol. The zero-order valence-electron chi connectivity index (χ0n) is 8.89. The number of rotatable bonds is 5. The highest BCUT2D eigenvalue weighted by atomic mass is 79.9. The highest BCUT2D eigenvalue weighted by Crippen LogP contribution is 2.13. The highest BCUT2D eigenvalue weighted by Gasteiger charge is 2.13. The van der Waals surface area contributed by atoms with Crippen molar-refractivity contribution in [2.75, 3.05) is 6.61 Å². The Labute approximate surface area is 104 Å². The lowest BCUT2D eigenvalue weighted by molar-refractivity contribution is 0.325. The molecule has 0 radical (unpaired) electrons. The van der Waals surface area contributed by atoms with Gasteiger partial charge in [0.05, 0.1) is 11.5 Å². The molecule has 0 bridgehead atoms. The molecule has 1 aromatic rings. The molecule has 0 aliphatic carbocycles. The molecule has 3 nitrogen and oxygen atoms in total. The summed E-state index contributed by atoms with van der Waals surface area (Å²) >= 11 is 3.10. The van der Waals surface area contributed by atoms with Crippen molar-refractivity contribution in [1.29, 1.82) is 0 Å². The van der Waals surface area contributed by atoms with Gasteiger partial charge >= 0.3 is 0 Å². The first-order valence-corrected chi connectivity index (χ1v) is 7.10. The van der Waals surface area contributed by atoms with E-state index in [2.05, 4.69) is 15.9 Å². The van der Waals surface area contributed by atoms with Crippen LogP contribution in [0.2, 0.25) is 0 Å². The van der Waals surface area contributed by atoms with E-state index in [4.69, 9.17) is 4.18 Å². The van der Waals surface area contributed by atoms with Gasteiger partial charge in [0.15, 0.2) is 0 Å². The minimum absolute atomic E-state index is 0.151. The Morgan fingerprint density at radius 3 is 2.50 bits per heavy atom. The summed E-state index contributed by atoms with van der Waals surface area (Å²) in [5.41, 5.74) is 1.01. The Bertz CT molecular complexity index is 449. The summed E-state index contributed by atoms with van der Waals surface area (Å²) in [4.78, 5) is 1.87. The standard InChI is InChI=1S/C11H13BrO3S/c1-10-4-6-11(7-5-10)16(13,14)15-9-3-2-8-12/h2,4-8H,3,9H2,1H3/b8-2+. The Morgan fingerprint density at radius 2 is 1.94 bits per heavy atom. The van der Waals surface area contributed by atoms with Crippen LogP contribution in [-0.2, 0) is 14.3 Å². The first-order valence-electron chi connectivity index (χ1n) is 4.77. The highest BCUT2D eigenvalue weighted by molar-refractivity contribution is 9.11. The largest absolute Gasteiger partial charge is 0.296 e. The Hall–Kier alpha value is -0.650. The van der Waals surface area contributed by atoms with E-state index >= 15 is 0 Å². The maximum atomic E-state index is 11.6. The zero-order valence-corrected chi connectivity index (χ0v) is 11.3. The summed E-state index contributed by atoms with van der Waals surface area (Å²) in [5.74, 6) is 0. The van der Waals surface area contributed by atoms with Crippen LogP contribution in [0.15, 0.2) is 40.2 Å². The number of halogens is 1. The van der Waals surface area contributed by atoms with Gasteiger partial charge < -0.3 is 0 Å². The number of aryl methyl sites for hydroxylation is 1. The van der Waals surface area contributed by atoms with Gasteiger partial charge in [0.1, 0.15) is 0 Å². The van der Waals surface area contributed by atoms with Crippen LogP contribution in [0.5, 0.6) is 0 Å². The summed E-state index contributed by atoms with van der Waals surface area (Å²) in [5, 5.41) is 0. The van der Waals surface area contributed by atoms with Gasteiger partial charge in [0.25, 0.3) is 10.1 Å². The molecule has 0 amide bonds. The van der Waals surface area contributed by atoms with E-state index in [1.165, 1.54) is 0 Å². The predicted octanol–water partition coefficient (Wildman–Crippen LogP) is 3.00. The lowest BCUT2D eigenvalue weighted by atomic mass is 10.2. The van der Waals surface area contributed by atoms with E-state index in [0.29, 0.717) is 6.42 Å². The van der Waals surface area contributed by atoms with Gasteiger partial charge in [-0.25, -0.2) is 0 Å². The number of hydrogen-bond acceptors (Lipinski definition) is 3. The lowest BCUT2D eigenvalue weighted by Gasteiger charge is -2.04. The van der Waals surface area contributed by atoms with E-state index < -0.39 is 10.1 Å². The quantitative estimate of drug-likeness (QED) is 0.620. The second-order valence-corrected chi connectivity index (χ2v) is 5.38. The fourth-order valence-corrected chi connectivity index (χ4v) is 2.25. The molecule has 0 aromatic heterocycles. The van der Waals surface area contributed by atoms with Crippen LogP contribution < -0.4 is 0 Å². The van der Waals surface area contributed by atoms with Gasteiger partial charge in [-0.05, 0) is 30.5 Å². The predicted molar refractivity (Wildman–Crippen MR) is 67.0 cm³/mol. The van der Waals surface area contributed by atoms with Gasteiger partial charge in [0, 0.05) is 0 Å². The van der Waals surface area contributed by atoms with Gasteiger partial charge in [-0.3, -0.25) is 4.18 Å². The Kier molecular flexibility index (Phi) is 5.18. The average Bonchev–Trinajstić information content (AvgIpc) is 2.25. The van der Waals surface area contributed by atoms with Crippen molar-refractivity contribution in [2.24, 2.45) is 0 Å². The van der Waals surface area contributed by atoms with E-state index in [0.717, 1.165) is 5.56 Å². The third-order valence-corrected chi connectivity index (χ3v) is 3.62. The normalized spacial score (nSPS) is 12.1. The summed E-state index contributed by atoms with van der Waals surface area (Å²) < 4.78 is 28.2. The van der Waals surface area contributed by atoms with Crippen molar-refractivity contribution in [3.05, 3.63) is 40.9 Å². The van der Waals surface area contributed by atoms with Crippen LogP contribution in [-0.4, -0.2) is 15.0 Å². The molecule has 0 aliphatic rings. The Morgan fingerprint density at radius 1 is 1.31 bits per heavy atom. The van der Waals surface area contributed by atoms with Crippen LogP contribution in [0, 0.1) is 6.92 Å². The van der Waals surface area contributed by atoms with E-state index in [1.54, 1.807) is 35.3 Å². The second-order valence-electron chi connectivity index (χ2n) is 3.24. The van der Waals surface area contributed by atoms with Crippen molar-refractivity contribution >= 4 is 26.0 Å². The maximum Gasteiger partial charge on any atom is 0.296 e. The topological polar surface area (TPSA) is 43.4 Å². The van der Waals surface area contributed by atoms with E-state index in [-0.39, 0.29) is 11.5 Å². The molecule has 0 aliphatic heterocycles. The van der Waals surface area contributed by atoms with Crippen LogP contribution in [0.25, 0.3) is 0 Å². The van der Waals surface area contributed by atoms with Crippen LogP contribution in [0.3, 0.4) is 0 Å². The van der Waals surface area contributed by atoms with Gasteiger partial charge in [-0.2, -0.15) is 8.42 Å². The lowest BCUT2D eigenvalue weighted by Crippen LogP contribution is -2.07. The van der Waals surface area contributed by atoms with Crippen LogP contribution in [0.4, 0.5) is 0 Å². The first kappa shape index (κ1) is 13.4. The summed E-state index contributed by atoms with van der Waals surface area (Å²) in [7, 11) is -3.61. The minimum atomic E-state index is -3.61. The summed E-state index contributed by atoms with van der Waals surface area (Å²) in [6.07, 6.45) is 2.33. The number of benzene rings is 1. The molecule has 0 spiro atoms. The Balaban J connectivity index is 2.67. The molecule has 88 valence electrons. The van der Waals surface area contributed by atoms with E-state index in [9.17, 15) is 8.42 Å². The smallest absolute Gasteiger partial charge is 0.266 e. The third kappa shape index (κ3) is 4.08. The van der Waals surface area contributed by atoms with Crippen molar-refractivity contribution in [1.82, 2.24) is 0 Å². The van der Waals surface area contributed by atoms with E-state index in [1.807, 2.05) is 6.92 Å². The van der Waals surface area contributed by atoms with Gasteiger partial charge in [0.2, 0.25) is 0 Å².